The van der Waals surface area contributed by atoms with Gasteiger partial charge >= 0.3 is 12.1 Å². The van der Waals surface area contributed by atoms with E-state index in [1.54, 1.807) is 0 Å². The van der Waals surface area contributed by atoms with Crippen LogP contribution in [0, 0.1) is 16.0 Å². The number of nitrogens with one attached hydrogen (secondary N) is 1. The topological polar surface area (TPSA) is 92.5 Å². The summed E-state index contributed by atoms with van der Waals surface area (Å²) in [6.45, 7) is 1.10. The molecule has 9 heteroatoms. The van der Waals surface area contributed by atoms with Gasteiger partial charge in [-0.1, -0.05) is 6.92 Å². The Hall–Kier alpha value is -2.32. The highest BCUT2D eigenvalue weighted by atomic mass is 19.4. The maximum absolute atomic E-state index is 12.8. The Morgan fingerprint density at radius 3 is 2.55 bits per heavy atom. The molecule has 110 valence electrons. The molecule has 20 heavy (non-hydrogen) atoms. The molecule has 1 aromatic rings. The second kappa shape index (κ2) is 5.76. The van der Waals surface area contributed by atoms with Gasteiger partial charge in [0.1, 0.15) is 0 Å². The molecular weight excluding hydrogens is 281 g/mol. The summed E-state index contributed by atoms with van der Waals surface area (Å²) in [6.07, 6.45) is -4.78. The Kier molecular flexibility index (Phi) is 4.53. The number of anilines is 1. The number of nitrogens with zero attached hydrogens (tertiary/aromatic N) is 1. The van der Waals surface area contributed by atoms with Crippen LogP contribution >= 0.6 is 0 Å². The predicted octanol–water partition coefficient (Wildman–Crippen LogP) is 2.75. The number of carboxylic acid groups (broad SMARTS) is 1. The molecule has 2 N–H and O–H groups in total. The molecule has 0 saturated heterocycles. The van der Waals surface area contributed by atoms with Gasteiger partial charge < -0.3 is 10.4 Å². The molecule has 1 rings (SSSR count). The lowest BCUT2D eigenvalue weighted by Crippen LogP contribution is -2.21. The van der Waals surface area contributed by atoms with Crippen LogP contribution in [-0.4, -0.2) is 22.5 Å². The molecule has 6 nitrogen and oxygen atoms in total. The van der Waals surface area contributed by atoms with E-state index in [0.29, 0.717) is 6.07 Å². The van der Waals surface area contributed by atoms with E-state index < -0.39 is 39.9 Å². The SMILES string of the molecule is CC(CNc1ccc([N+](=O)[O-])cc1C(F)(F)F)C(=O)O. The van der Waals surface area contributed by atoms with Crippen molar-refractivity contribution in [2.75, 3.05) is 11.9 Å². The number of rotatable bonds is 5. The number of aliphatic carboxylic acids is 1. The minimum Gasteiger partial charge on any atom is -0.481 e. The summed E-state index contributed by atoms with van der Waals surface area (Å²) < 4.78 is 38.4. The van der Waals surface area contributed by atoms with E-state index in [4.69, 9.17) is 5.11 Å². The maximum Gasteiger partial charge on any atom is 0.418 e. The van der Waals surface area contributed by atoms with E-state index in [1.165, 1.54) is 6.92 Å². The van der Waals surface area contributed by atoms with Crippen molar-refractivity contribution in [3.63, 3.8) is 0 Å². The van der Waals surface area contributed by atoms with Gasteiger partial charge in [0.2, 0.25) is 0 Å². The molecule has 0 aliphatic rings. The van der Waals surface area contributed by atoms with Crippen molar-refractivity contribution in [3.05, 3.63) is 33.9 Å². The highest BCUT2D eigenvalue weighted by Crippen LogP contribution is 2.37. The van der Waals surface area contributed by atoms with Gasteiger partial charge in [0.15, 0.2) is 0 Å². The van der Waals surface area contributed by atoms with E-state index in [1.807, 2.05) is 0 Å². The van der Waals surface area contributed by atoms with Crippen LogP contribution in [0.15, 0.2) is 18.2 Å². The average molecular weight is 292 g/mol. The molecule has 0 heterocycles. The molecule has 0 aliphatic carbocycles. The molecular formula is C11H11F3N2O4. The molecule has 1 aromatic carbocycles. The van der Waals surface area contributed by atoms with Crippen LogP contribution in [0.3, 0.4) is 0 Å². The minimum atomic E-state index is -4.78. The lowest BCUT2D eigenvalue weighted by Gasteiger charge is -2.15. The summed E-state index contributed by atoms with van der Waals surface area (Å²) in [6, 6.07) is 2.24. The fourth-order valence-corrected chi connectivity index (χ4v) is 1.38. The summed E-state index contributed by atoms with van der Waals surface area (Å²) in [5.74, 6) is -2.06. The number of nitro benzene ring substituents is 1. The third-order valence-corrected chi connectivity index (χ3v) is 2.54. The fraction of sp³-hybridized carbons (Fsp3) is 0.364. The summed E-state index contributed by atoms with van der Waals surface area (Å²) in [5.41, 5.74) is -2.28. The quantitative estimate of drug-likeness (QED) is 0.643. The number of alkyl halides is 3. The molecule has 0 radical (unpaired) electrons. The van der Waals surface area contributed by atoms with Gasteiger partial charge in [-0.15, -0.1) is 0 Å². The van der Waals surface area contributed by atoms with Gasteiger partial charge in [0.05, 0.1) is 16.4 Å². The monoisotopic (exact) mass is 292 g/mol. The first-order chi connectivity index (χ1) is 9.12. The lowest BCUT2D eigenvalue weighted by molar-refractivity contribution is -0.385. The highest BCUT2D eigenvalue weighted by molar-refractivity contribution is 5.70. The second-order valence-corrected chi connectivity index (χ2v) is 4.10. The molecule has 0 saturated carbocycles. The van der Waals surface area contributed by atoms with Crippen molar-refractivity contribution < 1.29 is 28.0 Å². The summed E-state index contributed by atoms with van der Waals surface area (Å²) in [5, 5.41) is 21.5. The molecule has 0 bridgehead atoms. The first-order valence-corrected chi connectivity index (χ1v) is 5.45. The Balaban J connectivity index is 3.07. The molecule has 0 fully saturated rings. The van der Waals surface area contributed by atoms with Crippen molar-refractivity contribution >= 4 is 17.3 Å². The average Bonchev–Trinajstić information content (AvgIpc) is 2.34. The fourth-order valence-electron chi connectivity index (χ4n) is 1.38. The second-order valence-electron chi connectivity index (χ2n) is 4.10. The van der Waals surface area contributed by atoms with Gasteiger partial charge in [0, 0.05) is 24.4 Å². The van der Waals surface area contributed by atoms with Gasteiger partial charge in [-0.25, -0.2) is 0 Å². The van der Waals surface area contributed by atoms with E-state index in [-0.39, 0.29) is 6.54 Å². The molecule has 1 unspecified atom stereocenters. The summed E-state index contributed by atoms with van der Waals surface area (Å²) in [7, 11) is 0. The predicted molar refractivity (Wildman–Crippen MR) is 63.4 cm³/mol. The van der Waals surface area contributed by atoms with Crippen LogP contribution < -0.4 is 5.32 Å². The highest BCUT2D eigenvalue weighted by Gasteiger charge is 2.35. The van der Waals surface area contributed by atoms with Crippen molar-refractivity contribution in [3.8, 4) is 0 Å². The number of carboxylic acids is 1. The zero-order valence-electron chi connectivity index (χ0n) is 10.3. The zero-order valence-corrected chi connectivity index (χ0v) is 10.3. The first kappa shape index (κ1) is 15.7. The molecule has 0 spiro atoms. The first-order valence-electron chi connectivity index (χ1n) is 5.45. The Labute approximate surface area is 111 Å². The van der Waals surface area contributed by atoms with Crippen LogP contribution in [0.5, 0.6) is 0 Å². The maximum atomic E-state index is 12.8. The zero-order chi connectivity index (χ0) is 15.5. The smallest absolute Gasteiger partial charge is 0.418 e. The van der Waals surface area contributed by atoms with Gasteiger partial charge in [-0.2, -0.15) is 13.2 Å². The van der Waals surface area contributed by atoms with Crippen molar-refractivity contribution in [2.24, 2.45) is 5.92 Å². The molecule has 0 amide bonds. The van der Waals surface area contributed by atoms with Crippen LogP contribution in [-0.2, 0) is 11.0 Å². The molecule has 0 aliphatic heterocycles. The number of halogens is 3. The third-order valence-electron chi connectivity index (χ3n) is 2.54. The van der Waals surface area contributed by atoms with Crippen molar-refractivity contribution in [1.82, 2.24) is 0 Å². The van der Waals surface area contributed by atoms with Crippen molar-refractivity contribution in [2.45, 2.75) is 13.1 Å². The standard InChI is InChI=1S/C11H11F3N2O4/c1-6(10(17)18)5-15-9-3-2-7(16(19)20)4-8(9)11(12,13)14/h2-4,6,15H,5H2,1H3,(H,17,18). The molecule has 1 atom stereocenters. The molecule has 0 aromatic heterocycles. The Morgan fingerprint density at radius 2 is 2.10 bits per heavy atom. The number of benzene rings is 1. The number of nitro groups is 1. The van der Waals surface area contributed by atoms with E-state index in [9.17, 15) is 28.1 Å². The van der Waals surface area contributed by atoms with Crippen LogP contribution in [0.1, 0.15) is 12.5 Å². The number of hydrogen-bond donors (Lipinski definition) is 2. The Morgan fingerprint density at radius 1 is 1.50 bits per heavy atom. The number of hydrogen-bond acceptors (Lipinski definition) is 4. The van der Waals surface area contributed by atoms with Crippen LogP contribution in [0.4, 0.5) is 24.5 Å². The lowest BCUT2D eigenvalue weighted by atomic mass is 10.1. The minimum absolute atomic E-state index is 0.226. The van der Waals surface area contributed by atoms with Gasteiger partial charge in [-0.05, 0) is 6.07 Å². The number of non-ortho nitro benzene ring substituents is 1. The largest absolute Gasteiger partial charge is 0.481 e. The van der Waals surface area contributed by atoms with Crippen molar-refractivity contribution in [1.29, 1.82) is 0 Å². The Bertz CT molecular complexity index is 531. The normalized spacial score (nSPS) is 12.8. The third kappa shape index (κ3) is 3.84. The van der Waals surface area contributed by atoms with Gasteiger partial charge in [0.25, 0.3) is 5.69 Å². The number of carbonyl (C=O) groups is 1. The summed E-state index contributed by atoms with van der Waals surface area (Å²) >= 11 is 0. The van der Waals surface area contributed by atoms with E-state index in [2.05, 4.69) is 5.32 Å². The van der Waals surface area contributed by atoms with E-state index in [0.717, 1.165) is 12.1 Å². The summed E-state index contributed by atoms with van der Waals surface area (Å²) in [4.78, 5) is 20.1. The van der Waals surface area contributed by atoms with E-state index >= 15 is 0 Å². The van der Waals surface area contributed by atoms with Gasteiger partial charge in [-0.3, -0.25) is 14.9 Å². The van der Waals surface area contributed by atoms with Crippen LogP contribution in [0.2, 0.25) is 0 Å². The van der Waals surface area contributed by atoms with Crippen LogP contribution in [0.25, 0.3) is 0 Å².